The topological polar surface area (TPSA) is 71.5 Å². The fourth-order valence-electron chi connectivity index (χ4n) is 2.12. The molecule has 2 heterocycles. The summed E-state index contributed by atoms with van der Waals surface area (Å²) < 4.78 is 5.19. The molecule has 16 heavy (non-hydrogen) atoms. The van der Waals surface area contributed by atoms with Gasteiger partial charge in [0, 0.05) is 12.4 Å². The molecule has 1 aromatic heterocycles. The van der Waals surface area contributed by atoms with E-state index in [1.165, 1.54) is 0 Å². The van der Waals surface area contributed by atoms with Crippen LogP contribution in [0.5, 0.6) is 0 Å². The molecule has 0 spiro atoms. The second kappa shape index (κ2) is 4.19. The molecule has 1 fully saturated rings. The van der Waals surface area contributed by atoms with Crippen LogP contribution in [0.15, 0.2) is 24.5 Å². The molecule has 0 aromatic carbocycles. The molecule has 0 aliphatic carbocycles. The standard InChI is InChI=1S/C11H14N2O3/c1-12-9(10(14)15)11(6-16-7-11)8-3-2-4-13-5-8/h2-5,9,12H,6-7H2,1H3,(H,14,15). The van der Waals surface area contributed by atoms with Crippen molar-refractivity contribution in [3.63, 3.8) is 0 Å². The van der Waals surface area contributed by atoms with Crippen LogP contribution in [0.2, 0.25) is 0 Å². The van der Waals surface area contributed by atoms with Crippen LogP contribution in [0.3, 0.4) is 0 Å². The van der Waals surface area contributed by atoms with Gasteiger partial charge in [0.25, 0.3) is 0 Å². The summed E-state index contributed by atoms with van der Waals surface area (Å²) in [6.45, 7) is 0.826. The Morgan fingerprint density at radius 1 is 1.69 bits per heavy atom. The zero-order chi connectivity index (χ0) is 11.6. The highest BCUT2D eigenvalue weighted by atomic mass is 16.5. The quantitative estimate of drug-likeness (QED) is 0.751. The van der Waals surface area contributed by atoms with Gasteiger partial charge in [0.1, 0.15) is 6.04 Å². The molecule has 5 nitrogen and oxygen atoms in total. The van der Waals surface area contributed by atoms with Crippen LogP contribution in [0.25, 0.3) is 0 Å². The Morgan fingerprint density at radius 2 is 2.44 bits per heavy atom. The van der Waals surface area contributed by atoms with Gasteiger partial charge in [-0.3, -0.25) is 9.78 Å². The zero-order valence-electron chi connectivity index (χ0n) is 9.01. The van der Waals surface area contributed by atoms with E-state index in [9.17, 15) is 9.90 Å². The molecule has 0 amide bonds. The lowest BCUT2D eigenvalue weighted by molar-refractivity contribution is -0.150. The van der Waals surface area contributed by atoms with Crippen molar-refractivity contribution in [3.05, 3.63) is 30.1 Å². The summed E-state index contributed by atoms with van der Waals surface area (Å²) in [6.07, 6.45) is 3.38. The molecule has 1 aromatic rings. The van der Waals surface area contributed by atoms with Crippen LogP contribution < -0.4 is 5.32 Å². The van der Waals surface area contributed by atoms with Crippen LogP contribution in [0.4, 0.5) is 0 Å². The van der Waals surface area contributed by atoms with E-state index in [0.29, 0.717) is 13.2 Å². The second-order valence-corrected chi connectivity index (χ2v) is 3.95. The third-order valence-corrected chi connectivity index (χ3v) is 3.04. The maximum Gasteiger partial charge on any atom is 0.321 e. The monoisotopic (exact) mass is 222 g/mol. The number of nitrogens with one attached hydrogen (secondary N) is 1. The number of carbonyl (C=O) groups is 1. The second-order valence-electron chi connectivity index (χ2n) is 3.95. The highest BCUT2D eigenvalue weighted by Crippen LogP contribution is 2.35. The van der Waals surface area contributed by atoms with Crippen molar-refractivity contribution in [3.8, 4) is 0 Å². The highest BCUT2D eigenvalue weighted by Gasteiger charge is 2.50. The van der Waals surface area contributed by atoms with Crippen LogP contribution in [0.1, 0.15) is 5.56 Å². The van der Waals surface area contributed by atoms with Crippen molar-refractivity contribution in [1.82, 2.24) is 10.3 Å². The molecule has 1 atom stereocenters. The van der Waals surface area contributed by atoms with E-state index in [1.807, 2.05) is 12.1 Å². The summed E-state index contributed by atoms with van der Waals surface area (Å²) in [5.74, 6) is -0.866. The van der Waals surface area contributed by atoms with Gasteiger partial charge in [-0.05, 0) is 18.7 Å². The maximum absolute atomic E-state index is 11.2. The Kier molecular flexibility index (Phi) is 2.89. The lowest BCUT2D eigenvalue weighted by Crippen LogP contribution is -2.62. The number of hydrogen-bond acceptors (Lipinski definition) is 4. The van der Waals surface area contributed by atoms with E-state index in [0.717, 1.165) is 5.56 Å². The molecule has 1 saturated heterocycles. The Morgan fingerprint density at radius 3 is 2.81 bits per heavy atom. The summed E-state index contributed by atoms with van der Waals surface area (Å²) in [7, 11) is 1.65. The van der Waals surface area contributed by atoms with Crippen LogP contribution in [0, 0.1) is 0 Å². The molecule has 86 valence electrons. The summed E-state index contributed by atoms with van der Waals surface area (Å²) in [6, 6.07) is 3.05. The summed E-state index contributed by atoms with van der Waals surface area (Å²) in [4.78, 5) is 15.2. The van der Waals surface area contributed by atoms with E-state index in [1.54, 1.807) is 19.4 Å². The number of nitrogens with zero attached hydrogens (tertiary/aromatic N) is 1. The first-order chi connectivity index (χ1) is 7.70. The number of hydrogen-bond donors (Lipinski definition) is 2. The number of rotatable bonds is 4. The average Bonchev–Trinajstić information content (AvgIpc) is 2.23. The third kappa shape index (κ3) is 1.58. The number of ether oxygens (including phenoxy) is 1. The van der Waals surface area contributed by atoms with Gasteiger partial charge in [-0.2, -0.15) is 0 Å². The van der Waals surface area contributed by atoms with Gasteiger partial charge in [0.2, 0.25) is 0 Å². The zero-order valence-corrected chi connectivity index (χ0v) is 9.01. The molecule has 0 bridgehead atoms. The first-order valence-corrected chi connectivity index (χ1v) is 5.09. The number of carboxylic acids is 1. The van der Waals surface area contributed by atoms with Crippen molar-refractivity contribution in [2.24, 2.45) is 0 Å². The highest BCUT2D eigenvalue weighted by molar-refractivity contribution is 5.76. The molecular weight excluding hydrogens is 208 g/mol. The molecule has 2 rings (SSSR count). The Labute approximate surface area is 93.5 Å². The number of aromatic nitrogens is 1. The van der Waals surface area contributed by atoms with Gasteiger partial charge in [-0.15, -0.1) is 0 Å². The number of carboxylic acid groups (broad SMARTS) is 1. The molecule has 0 saturated carbocycles. The van der Waals surface area contributed by atoms with E-state index in [4.69, 9.17) is 4.74 Å². The molecule has 5 heteroatoms. The smallest absolute Gasteiger partial charge is 0.321 e. The summed E-state index contributed by atoms with van der Waals surface area (Å²) >= 11 is 0. The normalized spacial score (nSPS) is 19.8. The third-order valence-electron chi connectivity index (χ3n) is 3.04. The molecule has 1 unspecified atom stereocenters. The Balaban J connectivity index is 2.36. The lowest BCUT2D eigenvalue weighted by Gasteiger charge is -2.45. The first-order valence-electron chi connectivity index (χ1n) is 5.09. The van der Waals surface area contributed by atoms with Crippen molar-refractivity contribution in [2.75, 3.05) is 20.3 Å². The fraction of sp³-hybridized carbons (Fsp3) is 0.455. The van der Waals surface area contributed by atoms with Gasteiger partial charge in [0.05, 0.1) is 18.6 Å². The van der Waals surface area contributed by atoms with Crippen LogP contribution >= 0.6 is 0 Å². The molecular formula is C11H14N2O3. The van der Waals surface area contributed by atoms with Gasteiger partial charge < -0.3 is 15.2 Å². The lowest BCUT2D eigenvalue weighted by atomic mass is 9.73. The summed E-state index contributed by atoms with van der Waals surface area (Å²) in [5, 5.41) is 12.0. The molecule has 0 radical (unpaired) electrons. The number of aliphatic carboxylic acids is 1. The fourth-order valence-corrected chi connectivity index (χ4v) is 2.12. The predicted octanol–water partition coefficient (Wildman–Crippen LogP) is 0.0222. The van der Waals surface area contributed by atoms with E-state index in [-0.39, 0.29) is 0 Å². The van der Waals surface area contributed by atoms with Gasteiger partial charge >= 0.3 is 5.97 Å². The SMILES string of the molecule is CNC(C(=O)O)C1(c2cccnc2)COC1. The minimum absolute atomic E-state index is 0.413. The first kappa shape index (κ1) is 11.0. The van der Waals surface area contributed by atoms with Gasteiger partial charge in [0.15, 0.2) is 0 Å². The predicted molar refractivity (Wildman–Crippen MR) is 57.2 cm³/mol. The van der Waals surface area contributed by atoms with Crippen LogP contribution in [-0.2, 0) is 14.9 Å². The molecule has 2 N–H and O–H groups in total. The van der Waals surface area contributed by atoms with E-state index in [2.05, 4.69) is 10.3 Å². The van der Waals surface area contributed by atoms with Crippen molar-refractivity contribution < 1.29 is 14.6 Å². The minimum Gasteiger partial charge on any atom is -0.480 e. The van der Waals surface area contributed by atoms with Crippen molar-refractivity contribution >= 4 is 5.97 Å². The Hall–Kier alpha value is -1.46. The van der Waals surface area contributed by atoms with Gasteiger partial charge in [-0.25, -0.2) is 0 Å². The number of pyridine rings is 1. The average molecular weight is 222 g/mol. The molecule has 1 aliphatic rings. The summed E-state index contributed by atoms with van der Waals surface area (Å²) in [5.41, 5.74) is 0.414. The van der Waals surface area contributed by atoms with Crippen molar-refractivity contribution in [1.29, 1.82) is 0 Å². The van der Waals surface area contributed by atoms with Crippen molar-refractivity contribution in [2.45, 2.75) is 11.5 Å². The van der Waals surface area contributed by atoms with E-state index < -0.39 is 17.4 Å². The van der Waals surface area contributed by atoms with E-state index >= 15 is 0 Å². The minimum atomic E-state index is -0.866. The maximum atomic E-state index is 11.2. The van der Waals surface area contributed by atoms with Gasteiger partial charge in [-0.1, -0.05) is 6.07 Å². The number of likely N-dealkylation sites (N-methyl/N-ethyl adjacent to an activating group) is 1. The van der Waals surface area contributed by atoms with Crippen LogP contribution in [-0.4, -0.2) is 42.4 Å². The Bertz CT molecular complexity index is 376. The largest absolute Gasteiger partial charge is 0.480 e. The molecule has 1 aliphatic heterocycles.